The van der Waals surface area contributed by atoms with Crippen molar-refractivity contribution in [3.8, 4) is 0 Å². The van der Waals surface area contributed by atoms with Gasteiger partial charge < -0.3 is 14.9 Å². The number of carbonyl (C=O) groups is 1. The number of aromatic nitrogens is 2. The van der Waals surface area contributed by atoms with Gasteiger partial charge in [0.15, 0.2) is 0 Å². The summed E-state index contributed by atoms with van der Waals surface area (Å²) in [6, 6.07) is 1.92. The molecule has 1 fully saturated rings. The minimum Gasteiger partial charge on any atom is -0.391 e. The highest BCUT2D eigenvalue weighted by molar-refractivity contribution is 5.92. The van der Waals surface area contributed by atoms with Crippen LogP contribution in [0.25, 0.3) is 6.08 Å². The standard InChI is InChI=1S/C14H22N4O2/c1-16(2)9-12-8-13(19)10-18(12)14(20)5-4-11-6-7-15-17(11)3/h4-7,12-13,19H,8-10H2,1-3H3. The fourth-order valence-corrected chi connectivity index (χ4v) is 2.56. The lowest BCUT2D eigenvalue weighted by atomic mass is 10.2. The van der Waals surface area contributed by atoms with Crippen LogP contribution in [0.4, 0.5) is 0 Å². The second kappa shape index (κ2) is 6.19. The molecule has 1 N–H and O–H groups in total. The number of hydrogen-bond donors (Lipinski definition) is 1. The van der Waals surface area contributed by atoms with Crippen molar-refractivity contribution >= 4 is 12.0 Å². The van der Waals surface area contributed by atoms with Crippen LogP contribution in [0.1, 0.15) is 12.1 Å². The first kappa shape index (κ1) is 14.7. The monoisotopic (exact) mass is 278 g/mol. The Morgan fingerprint density at radius 2 is 2.35 bits per heavy atom. The summed E-state index contributed by atoms with van der Waals surface area (Å²) in [6.07, 6.45) is 5.22. The van der Waals surface area contributed by atoms with Crippen LogP contribution in [0.5, 0.6) is 0 Å². The van der Waals surface area contributed by atoms with Crippen LogP contribution in [0, 0.1) is 0 Å². The minimum atomic E-state index is -0.422. The van der Waals surface area contributed by atoms with E-state index in [1.54, 1.807) is 27.9 Å². The number of hydrogen-bond acceptors (Lipinski definition) is 4. The van der Waals surface area contributed by atoms with Gasteiger partial charge in [0.25, 0.3) is 0 Å². The first-order valence-electron chi connectivity index (χ1n) is 6.77. The van der Waals surface area contributed by atoms with E-state index in [9.17, 15) is 9.90 Å². The number of likely N-dealkylation sites (tertiary alicyclic amines) is 1. The van der Waals surface area contributed by atoms with Gasteiger partial charge in [0.05, 0.1) is 11.8 Å². The van der Waals surface area contributed by atoms with Crippen molar-refractivity contribution in [2.45, 2.75) is 18.6 Å². The molecule has 6 heteroatoms. The summed E-state index contributed by atoms with van der Waals surface area (Å²) in [4.78, 5) is 16.1. The molecule has 0 aromatic carbocycles. The molecule has 6 nitrogen and oxygen atoms in total. The van der Waals surface area contributed by atoms with Crippen LogP contribution < -0.4 is 0 Å². The third-order valence-electron chi connectivity index (χ3n) is 3.51. The van der Waals surface area contributed by atoms with E-state index in [-0.39, 0.29) is 11.9 Å². The third kappa shape index (κ3) is 3.46. The van der Waals surface area contributed by atoms with Gasteiger partial charge in [-0.3, -0.25) is 9.48 Å². The van der Waals surface area contributed by atoms with Crippen molar-refractivity contribution < 1.29 is 9.90 Å². The van der Waals surface area contributed by atoms with Crippen molar-refractivity contribution in [1.29, 1.82) is 0 Å². The van der Waals surface area contributed by atoms with Crippen LogP contribution in [-0.4, -0.2) is 69.9 Å². The van der Waals surface area contributed by atoms with Gasteiger partial charge in [-0.05, 0) is 32.7 Å². The Hall–Kier alpha value is -1.66. The van der Waals surface area contributed by atoms with E-state index >= 15 is 0 Å². The number of likely N-dealkylation sites (N-methyl/N-ethyl adjacent to an activating group) is 1. The number of aryl methyl sites for hydroxylation is 1. The Morgan fingerprint density at radius 3 is 2.95 bits per heavy atom. The van der Waals surface area contributed by atoms with Crippen LogP contribution >= 0.6 is 0 Å². The Balaban J connectivity index is 2.03. The summed E-state index contributed by atoms with van der Waals surface area (Å²) in [5, 5.41) is 13.8. The van der Waals surface area contributed by atoms with Gasteiger partial charge in [-0.1, -0.05) is 0 Å². The molecule has 0 spiro atoms. The van der Waals surface area contributed by atoms with Crippen molar-refractivity contribution in [2.75, 3.05) is 27.2 Å². The van der Waals surface area contributed by atoms with E-state index in [1.165, 1.54) is 0 Å². The average Bonchev–Trinajstić information content (AvgIpc) is 2.92. The second-order valence-electron chi connectivity index (χ2n) is 5.51. The Bertz CT molecular complexity index is 495. The summed E-state index contributed by atoms with van der Waals surface area (Å²) in [7, 11) is 5.77. The molecule has 1 aliphatic heterocycles. The van der Waals surface area contributed by atoms with Gasteiger partial charge in [-0.25, -0.2) is 0 Å². The first-order chi connectivity index (χ1) is 9.47. The fraction of sp³-hybridized carbons (Fsp3) is 0.571. The Kier molecular flexibility index (Phi) is 4.57. The quantitative estimate of drug-likeness (QED) is 0.785. The lowest BCUT2D eigenvalue weighted by Crippen LogP contribution is -2.40. The maximum atomic E-state index is 12.3. The molecule has 1 aromatic rings. The van der Waals surface area contributed by atoms with Gasteiger partial charge in [0.1, 0.15) is 0 Å². The van der Waals surface area contributed by atoms with Gasteiger partial charge in [-0.2, -0.15) is 5.10 Å². The van der Waals surface area contributed by atoms with Crippen molar-refractivity contribution in [1.82, 2.24) is 19.6 Å². The normalized spacial score (nSPS) is 23.1. The van der Waals surface area contributed by atoms with E-state index in [1.807, 2.05) is 32.1 Å². The van der Waals surface area contributed by atoms with E-state index in [0.717, 1.165) is 12.2 Å². The van der Waals surface area contributed by atoms with Crippen molar-refractivity contribution in [3.63, 3.8) is 0 Å². The maximum Gasteiger partial charge on any atom is 0.247 e. The predicted molar refractivity (Wildman–Crippen MR) is 76.9 cm³/mol. The third-order valence-corrected chi connectivity index (χ3v) is 3.51. The summed E-state index contributed by atoms with van der Waals surface area (Å²) in [5.74, 6) is -0.0606. The van der Waals surface area contributed by atoms with Crippen LogP contribution in [0.3, 0.4) is 0 Å². The molecule has 0 bridgehead atoms. The number of aliphatic hydroxyl groups excluding tert-OH is 1. The molecule has 110 valence electrons. The molecular formula is C14H22N4O2. The molecule has 1 aromatic heterocycles. The lowest BCUT2D eigenvalue weighted by molar-refractivity contribution is -0.127. The lowest BCUT2D eigenvalue weighted by Gasteiger charge is -2.25. The highest BCUT2D eigenvalue weighted by Gasteiger charge is 2.33. The van der Waals surface area contributed by atoms with Crippen molar-refractivity contribution in [2.24, 2.45) is 7.05 Å². The van der Waals surface area contributed by atoms with E-state index < -0.39 is 6.10 Å². The number of β-amino-alcohol motifs (C(OH)–C–C–N with tert-alkyl or cyclic N) is 1. The number of aliphatic hydroxyl groups is 1. The Morgan fingerprint density at radius 1 is 1.60 bits per heavy atom. The number of amides is 1. The molecule has 0 radical (unpaired) electrons. The molecule has 1 saturated heterocycles. The molecular weight excluding hydrogens is 256 g/mol. The van der Waals surface area contributed by atoms with Gasteiger partial charge in [0, 0.05) is 38.5 Å². The molecule has 2 heterocycles. The van der Waals surface area contributed by atoms with Crippen LogP contribution in [-0.2, 0) is 11.8 Å². The summed E-state index contributed by atoms with van der Waals surface area (Å²) in [5.41, 5.74) is 0.877. The average molecular weight is 278 g/mol. The largest absolute Gasteiger partial charge is 0.391 e. The smallest absolute Gasteiger partial charge is 0.247 e. The molecule has 20 heavy (non-hydrogen) atoms. The molecule has 2 atom stereocenters. The zero-order valence-electron chi connectivity index (χ0n) is 12.2. The molecule has 1 aliphatic rings. The van der Waals surface area contributed by atoms with Crippen molar-refractivity contribution in [3.05, 3.63) is 24.0 Å². The van der Waals surface area contributed by atoms with Gasteiger partial charge >= 0.3 is 0 Å². The molecule has 0 saturated carbocycles. The van der Waals surface area contributed by atoms with Gasteiger partial charge in [-0.15, -0.1) is 0 Å². The van der Waals surface area contributed by atoms with Gasteiger partial charge in [0.2, 0.25) is 5.91 Å². The maximum absolute atomic E-state index is 12.3. The fourth-order valence-electron chi connectivity index (χ4n) is 2.56. The number of nitrogens with zero attached hydrogens (tertiary/aromatic N) is 4. The van der Waals surface area contributed by atoms with E-state index in [2.05, 4.69) is 5.10 Å². The molecule has 0 aliphatic carbocycles. The highest BCUT2D eigenvalue weighted by atomic mass is 16.3. The highest BCUT2D eigenvalue weighted by Crippen LogP contribution is 2.19. The number of carbonyl (C=O) groups excluding carboxylic acids is 1. The Labute approximate surface area is 119 Å². The number of rotatable bonds is 4. The summed E-state index contributed by atoms with van der Waals surface area (Å²) in [6.45, 7) is 1.18. The zero-order chi connectivity index (χ0) is 14.7. The predicted octanol–water partition coefficient (Wildman–Crippen LogP) is -0.0433. The molecule has 2 rings (SSSR count). The summed E-state index contributed by atoms with van der Waals surface area (Å²) < 4.78 is 1.71. The van der Waals surface area contributed by atoms with E-state index in [4.69, 9.17) is 0 Å². The van der Waals surface area contributed by atoms with Crippen LogP contribution in [0.15, 0.2) is 18.3 Å². The van der Waals surface area contributed by atoms with E-state index in [0.29, 0.717) is 13.0 Å². The second-order valence-corrected chi connectivity index (χ2v) is 5.51. The topological polar surface area (TPSA) is 61.6 Å². The first-order valence-corrected chi connectivity index (χ1v) is 6.77. The molecule has 2 unspecified atom stereocenters. The summed E-state index contributed by atoms with van der Waals surface area (Å²) >= 11 is 0. The minimum absolute atomic E-state index is 0.0606. The molecule has 1 amide bonds. The SMILES string of the molecule is CN(C)CC1CC(O)CN1C(=O)C=Cc1ccnn1C. The zero-order valence-corrected chi connectivity index (χ0v) is 12.2. The van der Waals surface area contributed by atoms with Crippen LogP contribution in [0.2, 0.25) is 0 Å².